The van der Waals surface area contributed by atoms with E-state index < -0.39 is 18.6 Å². The van der Waals surface area contributed by atoms with Gasteiger partial charge in [-0.15, -0.1) is 0 Å². The highest BCUT2D eigenvalue weighted by molar-refractivity contribution is 7.57. The first kappa shape index (κ1) is 12.8. The molecule has 6 nitrogen and oxygen atoms in total. The number of nitro benzene ring substituents is 1. The molecule has 1 unspecified atom stereocenters. The number of nitro groups is 1. The maximum atomic E-state index is 11.3. The molecule has 0 saturated carbocycles. The Kier molecular flexibility index (Phi) is 3.80. The molecule has 0 aromatic heterocycles. The Morgan fingerprint density at radius 3 is 2.62 bits per heavy atom. The molecule has 0 aliphatic rings. The van der Waals surface area contributed by atoms with Gasteiger partial charge in [0, 0.05) is 31.0 Å². The Bertz CT molecular complexity index is 441. The van der Waals surface area contributed by atoms with Crippen molar-refractivity contribution < 1.29 is 19.1 Å². The average molecular weight is 245 g/mol. The molecular formula is C9H12NO5P. The molecule has 0 spiro atoms. The standard InChI is InChI=1S/C9H12NO5P/c1-16(2,14)15-9(11)7-4-3-5-8(6-7)10(12)13/h3-6,9,11H,1-2H3. The molecule has 0 aliphatic heterocycles. The molecule has 0 radical (unpaired) electrons. The third-order valence-corrected chi connectivity index (χ3v) is 2.43. The van der Waals surface area contributed by atoms with Crippen LogP contribution in [0.15, 0.2) is 24.3 Å². The van der Waals surface area contributed by atoms with Crippen molar-refractivity contribution in [2.24, 2.45) is 0 Å². The highest BCUT2D eigenvalue weighted by Crippen LogP contribution is 2.42. The molecule has 0 fully saturated rings. The van der Waals surface area contributed by atoms with Gasteiger partial charge in [-0.1, -0.05) is 12.1 Å². The highest BCUT2D eigenvalue weighted by Gasteiger charge is 2.18. The summed E-state index contributed by atoms with van der Waals surface area (Å²) in [5.41, 5.74) is 0.0558. The lowest BCUT2D eigenvalue weighted by Gasteiger charge is -2.14. The van der Waals surface area contributed by atoms with E-state index >= 15 is 0 Å². The Morgan fingerprint density at radius 2 is 2.12 bits per heavy atom. The molecule has 1 N–H and O–H groups in total. The van der Waals surface area contributed by atoms with Crippen molar-refractivity contribution in [3.05, 3.63) is 39.9 Å². The van der Waals surface area contributed by atoms with Crippen molar-refractivity contribution in [3.63, 3.8) is 0 Å². The maximum absolute atomic E-state index is 11.3. The zero-order chi connectivity index (χ0) is 12.3. The van der Waals surface area contributed by atoms with Crippen LogP contribution >= 0.6 is 7.37 Å². The third-order valence-electron chi connectivity index (χ3n) is 1.72. The topological polar surface area (TPSA) is 89.7 Å². The van der Waals surface area contributed by atoms with E-state index in [9.17, 15) is 19.8 Å². The number of hydrogen-bond acceptors (Lipinski definition) is 5. The molecule has 1 aromatic rings. The molecule has 88 valence electrons. The summed E-state index contributed by atoms with van der Waals surface area (Å²) in [6.07, 6.45) is -1.42. The summed E-state index contributed by atoms with van der Waals surface area (Å²) in [7, 11) is -2.85. The molecule has 0 bridgehead atoms. The van der Waals surface area contributed by atoms with E-state index in [4.69, 9.17) is 4.52 Å². The van der Waals surface area contributed by atoms with Gasteiger partial charge in [0.1, 0.15) is 0 Å². The minimum absolute atomic E-state index is 0.151. The van der Waals surface area contributed by atoms with E-state index in [0.29, 0.717) is 0 Å². The van der Waals surface area contributed by atoms with Crippen molar-refractivity contribution in [2.75, 3.05) is 13.3 Å². The van der Waals surface area contributed by atoms with E-state index in [1.807, 2.05) is 0 Å². The predicted molar refractivity (Wildman–Crippen MR) is 58.6 cm³/mol. The van der Waals surface area contributed by atoms with Crippen molar-refractivity contribution >= 4 is 13.1 Å². The predicted octanol–water partition coefficient (Wildman–Crippen LogP) is 2.14. The quantitative estimate of drug-likeness (QED) is 0.380. The normalized spacial score (nSPS) is 13.4. The first-order valence-electron chi connectivity index (χ1n) is 4.45. The molecule has 1 aromatic carbocycles. The van der Waals surface area contributed by atoms with Crippen LogP contribution in [0.2, 0.25) is 0 Å². The number of non-ortho nitro benzene ring substituents is 1. The van der Waals surface area contributed by atoms with Crippen LogP contribution in [0.25, 0.3) is 0 Å². The molecule has 0 amide bonds. The summed E-state index contributed by atoms with van der Waals surface area (Å²) in [5, 5.41) is 20.0. The lowest BCUT2D eigenvalue weighted by molar-refractivity contribution is -0.385. The van der Waals surface area contributed by atoms with Crippen LogP contribution in [-0.4, -0.2) is 23.4 Å². The first-order valence-corrected chi connectivity index (χ1v) is 6.97. The molecule has 0 aliphatic carbocycles. The Labute approximate surface area is 92.5 Å². The summed E-state index contributed by atoms with van der Waals surface area (Å²) in [5.74, 6) is 0. The number of benzene rings is 1. The van der Waals surface area contributed by atoms with Gasteiger partial charge in [0.25, 0.3) is 5.69 Å². The molecule has 7 heteroatoms. The van der Waals surface area contributed by atoms with Gasteiger partial charge in [-0.3, -0.25) is 19.2 Å². The van der Waals surface area contributed by atoms with Crippen molar-refractivity contribution in [1.29, 1.82) is 0 Å². The Balaban J connectivity index is 2.92. The largest absolute Gasteiger partial charge is 0.364 e. The zero-order valence-electron chi connectivity index (χ0n) is 8.86. The van der Waals surface area contributed by atoms with E-state index in [1.165, 1.54) is 37.6 Å². The number of aliphatic hydroxyl groups is 1. The number of rotatable bonds is 4. The van der Waals surface area contributed by atoms with Gasteiger partial charge in [-0.25, -0.2) is 0 Å². The second-order valence-corrected chi connectivity index (χ2v) is 6.28. The summed E-state index contributed by atoms with van der Waals surface area (Å²) in [4.78, 5) is 9.91. The fraction of sp³-hybridized carbons (Fsp3) is 0.333. The molecule has 1 atom stereocenters. The second kappa shape index (κ2) is 4.74. The fourth-order valence-electron chi connectivity index (χ4n) is 1.09. The summed E-state index contributed by atoms with van der Waals surface area (Å²) < 4.78 is 16.1. The molecule has 1 rings (SSSR count). The van der Waals surface area contributed by atoms with E-state index in [1.54, 1.807) is 0 Å². The Morgan fingerprint density at radius 1 is 1.50 bits per heavy atom. The smallest absolute Gasteiger partial charge is 0.269 e. The highest BCUT2D eigenvalue weighted by atomic mass is 31.2. The van der Waals surface area contributed by atoms with Gasteiger partial charge in [0.2, 0.25) is 0 Å². The van der Waals surface area contributed by atoms with Crippen molar-refractivity contribution in [1.82, 2.24) is 0 Å². The van der Waals surface area contributed by atoms with Gasteiger partial charge < -0.3 is 5.11 Å². The lowest BCUT2D eigenvalue weighted by atomic mass is 10.2. The van der Waals surface area contributed by atoms with Gasteiger partial charge in [0.15, 0.2) is 13.7 Å². The van der Waals surface area contributed by atoms with E-state index in [2.05, 4.69) is 0 Å². The summed E-state index contributed by atoms with van der Waals surface area (Å²) in [6, 6.07) is 5.37. The van der Waals surface area contributed by atoms with E-state index in [-0.39, 0.29) is 11.3 Å². The van der Waals surface area contributed by atoms with Crippen LogP contribution in [0.4, 0.5) is 5.69 Å². The second-order valence-electron chi connectivity index (χ2n) is 3.56. The van der Waals surface area contributed by atoms with Gasteiger partial charge in [-0.05, 0) is 0 Å². The summed E-state index contributed by atoms with van der Waals surface area (Å²) in [6.45, 7) is 2.71. The molecular weight excluding hydrogens is 233 g/mol. The first-order chi connectivity index (χ1) is 7.29. The summed E-state index contributed by atoms with van der Waals surface area (Å²) >= 11 is 0. The maximum Gasteiger partial charge on any atom is 0.269 e. The minimum Gasteiger partial charge on any atom is -0.364 e. The molecule has 0 saturated heterocycles. The van der Waals surface area contributed by atoms with Gasteiger partial charge >= 0.3 is 0 Å². The average Bonchev–Trinajstić information content (AvgIpc) is 2.15. The van der Waals surface area contributed by atoms with Crippen LogP contribution in [0.5, 0.6) is 0 Å². The van der Waals surface area contributed by atoms with Crippen molar-refractivity contribution in [2.45, 2.75) is 6.29 Å². The SMILES string of the molecule is CP(C)(=O)OC(O)c1cccc([N+](=O)[O-])c1. The lowest BCUT2D eigenvalue weighted by Crippen LogP contribution is -2.01. The monoisotopic (exact) mass is 245 g/mol. The van der Waals surface area contributed by atoms with E-state index in [0.717, 1.165) is 0 Å². The van der Waals surface area contributed by atoms with Crippen molar-refractivity contribution in [3.8, 4) is 0 Å². The van der Waals surface area contributed by atoms with Crippen LogP contribution in [-0.2, 0) is 9.09 Å². The van der Waals surface area contributed by atoms with Crippen LogP contribution < -0.4 is 0 Å². The van der Waals surface area contributed by atoms with Gasteiger partial charge in [0.05, 0.1) is 4.92 Å². The number of hydrogen-bond donors (Lipinski definition) is 1. The third kappa shape index (κ3) is 3.73. The van der Waals surface area contributed by atoms with Crippen LogP contribution in [0, 0.1) is 10.1 Å². The van der Waals surface area contributed by atoms with Crippen LogP contribution in [0.3, 0.4) is 0 Å². The number of nitrogens with zero attached hydrogens (tertiary/aromatic N) is 1. The minimum atomic E-state index is -2.85. The van der Waals surface area contributed by atoms with Gasteiger partial charge in [-0.2, -0.15) is 0 Å². The fourth-order valence-corrected chi connectivity index (χ4v) is 1.70. The molecule has 0 heterocycles. The number of aliphatic hydroxyl groups excluding tert-OH is 1. The zero-order valence-corrected chi connectivity index (χ0v) is 9.76. The van der Waals surface area contributed by atoms with Crippen LogP contribution in [0.1, 0.15) is 11.9 Å². The molecule has 16 heavy (non-hydrogen) atoms. The Hall–Kier alpha value is -1.23.